The van der Waals surface area contributed by atoms with Crippen molar-refractivity contribution < 1.29 is 14.3 Å². The van der Waals surface area contributed by atoms with Crippen LogP contribution in [0.25, 0.3) is 0 Å². The molecule has 0 radical (unpaired) electrons. The lowest BCUT2D eigenvalue weighted by molar-refractivity contribution is 0.0501. The number of carbonyl (C=O) groups is 1. The van der Waals surface area contributed by atoms with E-state index in [4.69, 9.17) is 9.47 Å². The van der Waals surface area contributed by atoms with Crippen LogP contribution in [0.15, 0.2) is 0 Å². The van der Waals surface area contributed by atoms with Crippen LogP contribution in [0.2, 0.25) is 25.7 Å². The minimum atomic E-state index is -1.06. The third kappa shape index (κ3) is 3.01. The molecule has 1 heterocycles. The number of hydrogen-bond donors (Lipinski definition) is 0. The summed E-state index contributed by atoms with van der Waals surface area (Å²) in [5.41, 5.74) is -0.322. The van der Waals surface area contributed by atoms with Gasteiger partial charge in [0.15, 0.2) is 0 Å². The van der Waals surface area contributed by atoms with Gasteiger partial charge < -0.3 is 9.47 Å². The van der Waals surface area contributed by atoms with Gasteiger partial charge in [0.25, 0.3) is 0 Å². The maximum Gasteiger partial charge on any atom is 0.509 e. The Kier molecular flexibility index (Phi) is 3.24. The summed E-state index contributed by atoms with van der Waals surface area (Å²) in [6.45, 7) is 9.47. The first kappa shape index (κ1) is 11.6. The molecule has 0 aromatic carbocycles. The molecular weight excluding hydrogens is 196 g/mol. The maximum absolute atomic E-state index is 10.9. The van der Waals surface area contributed by atoms with Gasteiger partial charge in [-0.1, -0.05) is 32.6 Å². The topological polar surface area (TPSA) is 35.5 Å². The second-order valence-electron chi connectivity index (χ2n) is 5.24. The number of carbonyl (C=O) groups excluding carboxylic acids is 1. The van der Waals surface area contributed by atoms with Crippen molar-refractivity contribution in [1.29, 1.82) is 0 Å². The van der Waals surface area contributed by atoms with E-state index in [0.29, 0.717) is 6.61 Å². The molecule has 0 amide bonds. The van der Waals surface area contributed by atoms with Crippen molar-refractivity contribution in [3.63, 3.8) is 0 Å². The van der Waals surface area contributed by atoms with Gasteiger partial charge in [0.2, 0.25) is 0 Å². The Morgan fingerprint density at radius 2 is 2.07 bits per heavy atom. The molecule has 0 aromatic heterocycles. The largest absolute Gasteiger partial charge is 0.509 e. The molecule has 1 rings (SSSR count). The molecule has 1 saturated heterocycles. The Balaban J connectivity index is 2.51. The second kappa shape index (κ2) is 3.93. The van der Waals surface area contributed by atoms with Crippen LogP contribution in [0.4, 0.5) is 4.79 Å². The van der Waals surface area contributed by atoms with E-state index >= 15 is 0 Å². The number of cyclic esters (lactones) is 2. The Bertz CT molecular complexity index is 222. The van der Waals surface area contributed by atoms with E-state index in [2.05, 4.69) is 19.6 Å². The zero-order valence-corrected chi connectivity index (χ0v) is 10.6. The van der Waals surface area contributed by atoms with Crippen molar-refractivity contribution in [1.82, 2.24) is 0 Å². The van der Waals surface area contributed by atoms with Gasteiger partial charge in [-0.25, -0.2) is 4.79 Å². The Morgan fingerprint density at radius 3 is 2.43 bits per heavy atom. The fourth-order valence-corrected chi connectivity index (χ4v) is 2.71. The molecule has 0 aliphatic carbocycles. The van der Waals surface area contributed by atoms with E-state index < -0.39 is 14.2 Å². The molecule has 0 spiro atoms. The summed E-state index contributed by atoms with van der Waals surface area (Å²) in [6.07, 6.45) is 1.30. The highest BCUT2D eigenvalue weighted by molar-refractivity contribution is 6.76. The highest BCUT2D eigenvalue weighted by atomic mass is 28.3. The lowest BCUT2D eigenvalue weighted by atomic mass is 9.99. The SMILES string of the molecule is CCC1(CC[Si](C)(C)C)COC(=O)O1. The van der Waals surface area contributed by atoms with Gasteiger partial charge in [-0.05, 0) is 12.8 Å². The van der Waals surface area contributed by atoms with Gasteiger partial charge >= 0.3 is 6.16 Å². The van der Waals surface area contributed by atoms with E-state index in [1.54, 1.807) is 0 Å². The number of hydrogen-bond acceptors (Lipinski definition) is 3. The third-order valence-corrected chi connectivity index (χ3v) is 4.48. The molecular formula is C10H20O3Si. The third-order valence-electron chi connectivity index (χ3n) is 2.73. The smallest absolute Gasteiger partial charge is 0.430 e. The minimum absolute atomic E-state index is 0.322. The van der Waals surface area contributed by atoms with Crippen molar-refractivity contribution in [3.8, 4) is 0 Å². The molecule has 82 valence electrons. The lowest BCUT2D eigenvalue weighted by Crippen LogP contribution is -2.34. The Labute approximate surface area is 86.8 Å². The summed E-state index contributed by atoms with van der Waals surface area (Å²) in [5, 5.41) is 0. The molecule has 1 unspecified atom stereocenters. The van der Waals surface area contributed by atoms with Crippen molar-refractivity contribution in [2.24, 2.45) is 0 Å². The molecule has 3 nitrogen and oxygen atoms in total. The molecule has 1 fully saturated rings. The van der Waals surface area contributed by atoms with Gasteiger partial charge in [0.1, 0.15) is 12.2 Å². The molecule has 0 aromatic rings. The second-order valence-corrected chi connectivity index (χ2v) is 10.9. The molecule has 1 atom stereocenters. The van der Waals surface area contributed by atoms with Crippen molar-refractivity contribution in [2.75, 3.05) is 6.61 Å². The first-order chi connectivity index (χ1) is 6.37. The van der Waals surface area contributed by atoms with Crippen LogP contribution in [0.5, 0.6) is 0 Å². The Hall–Kier alpha value is -0.513. The summed E-state index contributed by atoms with van der Waals surface area (Å²) >= 11 is 0. The molecule has 0 N–H and O–H groups in total. The van der Waals surface area contributed by atoms with Crippen LogP contribution in [0.3, 0.4) is 0 Å². The molecule has 4 heteroatoms. The van der Waals surface area contributed by atoms with E-state index in [9.17, 15) is 4.79 Å². The van der Waals surface area contributed by atoms with Crippen LogP contribution < -0.4 is 0 Å². The first-order valence-corrected chi connectivity index (χ1v) is 8.93. The van der Waals surface area contributed by atoms with Crippen LogP contribution >= 0.6 is 0 Å². The molecule has 0 bridgehead atoms. The zero-order chi connectivity index (χ0) is 10.8. The highest BCUT2D eigenvalue weighted by Crippen LogP contribution is 2.31. The standard InChI is InChI=1S/C10H20O3Si/c1-5-10(6-7-14(2,3)4)8-12-9(11)13-10/h5-8H2,1-4H3. The highest BCUT2D eigenvalue weighted by Gasteiger charge is 2.41. The Morgan fingerprint density at radius 1 is 1.43 bits per heavy atom. The number of ether oxygens (including phenoxy) is 2. The van der Waals surface area contributed by atoms with Gasteiger partial charge in [-0.3, -0.25) is 0 Å². The van der Waals surface area contributed by atoms with Crippen molar-refractivity contribution >= 4 is 14.2 Å². The summed E-state index contributed by atoms with van der Waals surface area (Å²) in [5.74, 6) is 0. The summed E-state index contributed by atoms with van der Waals surface area (Å²) in [6, 6.07) is 1.18. The zero-order valence-electron chi connectivity index (χ0n) is 9.55. The summed E-state index contributed by atoms with van der Waals surface area (Å²) in [4.78, 5) is 10.9. The van der Waals surface area contributed by atoms with Crippen LogP contribution in [0.1, 0.15) is 19.8 Å². The lowest BCUT2D eigenvalue weighted by Gasteiger charge is -2.26. The fourth-order valence-electron chi connectivity index (χ4n) is 1.50. The van der Waals surface area contributed by atoms with Gasteiger partial charge in [-0.15, -0.1) is 0 Å². The average molecular weight is 216 g/mol. The minimum Gasteiger partial charge on any atom is -0.430 e. The van der Waals surface area contributed by atoms with E-state index in [1.165, 1.54) is 6.04 Å². The fraction of sp³-hybridized carbons (Fsp3) is 0.900. The van der Waals surface area contributed by atoms with Crippen LogP contribution in [-0.4, -0.2) is 26.4 Å². The van der Waals surface area contributed by atoms with Crippen LogP contribution in [0, 0.1) is 0 Å². The quantitative estimate of drug-likeness (QED) is 0.535. The molecule has 1 aliphatic rings. The van der Waals surface area contributed by atoms with Crippen molar-refractivity contribution in [2.45, 2.75) is 51.1 Å². The van der Waals surface area contributed by atoms with Gasteiger partial charge in [-0.2, -0.15) is 0 Å². The molecule has 0 saturated carbocycles. The maximum atomic E-state index is 10.9. The van der Waals surface area contributed by atoms with Gasteiger partial charge in [0.05, 0.1) is 0 Å². The average Bonchev–Trinajstić information content (AvgIpc) is 2.44. The predicted octanol–water partition coefficient (Wildman–Crippen LogP) is 3.03. The monoisotopic (exact) mass is 216 g/mol. The normalized spacial score (nSPS) is 27.3. The molecule has 14 heavy (non-hydrogen) atoms. The van der Waals surface area contributed by atoms with Gasteiger partial charge in [0, 0.05) is 8.07 Å². The van der Waals surface area contributed by atoms with E-state index in [-0.39, 0.29) is 5.60 Å². The summed E-state index contributed by atoms with van der Waals surface area (Å²) in [7, 11) is -1.06. The first-order valence-electron chi connectivity index (χ1n) is 5.23. The summed E-state index contributed by atoms with van der Waals surface area (Å²) < 4.78 is 10.1. The van der Waals surface area contributed by atoms with Crippen LogP contribution in [-0.2, 0) is 9.47 Å². The van der Waals surface area contributed by atoms with Crippen molar-refractivity contribution in [3.05, 3.63) is 0 Å². The molecule has 1 aliphatic heterocycles. The van der Waals surface area contributed by atoms with E-state index in [0.717, 1.165) is 12.8 Å². The number of rotatable bonds is 4. The van der Waals surface area contributed by atoms with E-state index in [1.807, 2.05) is 6.92 Å². The predicted molar refractivity (Wildman–Crippen MR) is 58.2 cm³/mol.